The van der Waals surface area contributed by atoms with Gasteiger partial charge in [-0.1, -0.05) is 33.6 Å². The zero-order chi connectivity index (χ0) is 12.0. The van der Waals surface area contributed by atoms with Crippen LogP contribution in [0.1, 0.15) is 46.5 Å². The molecule has 0 saturated heterocycles. The summed E-state index contributed by atoms with van der Waals surface area (Å²) < 4.78 is 5.34. The fraction of sp³-hybridized carbons (Fsp3) is 1.00. The lowest BCUT2D eigenvalue weighted by Crippen LogP contribution is -2.40. The van der Waals surface area contributed by atoms with Gasteiger partial charge in [-0.15, -0.1) is 0 Å². The van der Waals surface area contributed by atoms with Gasteiger partial charge in [0.25, 0.3) is 0 Å². The third-order valence-corrected chi connectivity index (χ3v) is 4.09. The summed E-state index contributed by atoms with van der Waals surface area (Å²) in [5.74, 6) is 1.43. The van der Waals surface area contributed by atoms with Crippen molar-refractivity contribution >= 4 is 0 Å². The first-order valence-corrected chi connectivity index (χ1v) is 6.80. The number of ether oxygens (including phenoxy) is 1. The molecule has 2 nitrogen and oxygen atoms in total. The Kier molecular flexibility index (Phi) is 5.77. The third-order valence-electron chi connectivity index (χ3n) is 4.09. The van der Waals surface area contributed by atoms with Crippen molar-refractivity contribution < 1.29 is 4.74 Å². The highest BCUT2D eigenvalue weighted by Gasteiger charge is 2.38. The molecule has 1 fully saturated rings. The fourth-order valence-corrected chi connectivity index (χ4v) is 2.96. The highest BCUT2D eigenvalue weighted by atomic mass is 16.5. The zero-order valence-corrected chi connectivity index (χ0v) is 11.5. The van der Waals surface area contributed by atoms with Gasteiger partial charge in [0.2, 0.25) is 0 Å². The molecular formula is C14H29NO. The van der Waals surface area contributed by atoms with Gasteiger partial charge in [0, 0.05) is 20.3 Å². The SMILES string of the molecule is COCC(C)C1(CNCC(C)C)CCCC1. The quantitative estimate of drug-likeness (QED) is 0.721. The first kappa shape index (κ1) is 14.0. The van der Waals surface area contributed by atoms with E-state index in [9.17, 15) is 0 Å². The summed E-state index contributed by atoms with van der Waals surface area (Å²) in [6.45, 7) is 10.1. The summed E-state index contributed by atoms with van der Waals surface area (Å²) in [4.78, 5) is 0. The Morgan fingerprint density at radius 1 is 1.19 bits per heavy atom. The molecule has 0 amide bonds. The summed E-state index contributed by atoms with van der Waals surface area (Å²) >= 11 is 0. The van der Waals surface area contributed by atoms with Crippen LogP contribution in [-0.2, 0) is 4.74 Å². The predicted molar refractivity (Wildman–Crippen MR) is 69.6 cm³/mol. The average Bonchev–Trinajstić information content (AvgIpc) is 2.67. The number of methoxy groups -OCH3 is 1. The molecule has 0 aromatic carbocycles. The first-order valence-electron chi connectivity index (χ1n) is 6.80. The molecule has 0 aromatic rings. The number of hydrogen-bond acceptors (Lipinski definition) is 2. The maximum atomic E-state index is 5.34. The molecule has 1 rings (SSSR count). The van der Waals surface area contributed by atoms with Crippen molar-refractivity contribution in [3.8, 4) is 0 Å². The molecule has 2 heteroatoms. The number of nitrogens with one attached hydrogen (secondary N) is 1. The van der Waals surface area contributed by atoms with Crippen LogP contribution in [0.2, 0.25) is 0 Å². The normalized spacial score (nSPS) is 21.6. The van der Waals surface area contributed by atoms with Gasteiger partial charge in [-0.05, 0) is 36.6 Å². The molecule has 1 saturated carbocycles. The Hall–Kier alpha value is -0.0800. The monoisotopic (exact) mass is 227 g/mol. The van der Waals surface area contributed by atoms with E-state index in [0.29, 0.717) is 11.3 Å². The zero-order valence-electron chi connectivity index (χ0n) is 11.5. The second kappa shape index (κ2) is 6.61. The van der Waals surface area contributed by atoms with Crippen molar-refractivity contribution in [3.63, 3.8) is 0 Å². The molecular weight excluding hydrogens is 198 g/mol. The predicted octanol–water partition coefficient (Wildman–Crippen LogP) is 3.07. The van der Waals surface area contributed by atoms with Crippen LogP contribution in [0.5, 0.6) is 0 Å². The molecule has 16 heavy (non-hydrogen) atoms. The standard InChI is InChI=1S/C14H29NO/c1-12(2)9-15-11-14(7-5-6-8-14)13(3)10-16-4/h12-13,15H,5-11H2,1-4H3. The van der Waals surface area contributed by atoms with E-state index >= 15 is 0 Å². The van der Waals surface area contributed by atoms with Crippen molar-refractivity contribution in [1.29, 1.82) is 0 Å². The van der Waals surface area contributed by atoms with Crippen LogP contribution >= 0.6 is 0 Å². The van der Waals surface area contributed by atoms with Gasteiger partial charge in [-0.25, -0.2) is 0 Å². The second-order valence-electron chi connectivity index (χ2n) is 5.95. The minimum Gasteiger partial charge on any atom is -0.384 e. The van der Waals surface area contributed by atoms with E-state index in [0.717, 1.165) is 19.1 Å². The van der Waals surface area contributed by atoms with Crippen molar-refractivity contribution in [2.45, 2.75) is 46.5 Å². The van der Waals surface area contributed by atoms with Crippen LogP contribution in [0.15, 0.2) is 0 Å². The minimum atomic E-state index is 0.505. The molecule has 0 heterocycles. The van der Waals surface area contributed by atoms with Crippen molar-refractivity contribution in [3.05, 3.63) is 0 Å². The van der Waals surface area contributed by atoms with E-state index < -0.39 is 0 Å². The smallest absolute Gasteiger partial charge is 0.0493 e. The van der Waals surface area contributed by atoms with Crippen LogP contribution in [0.4, 0.5) is 0 Å². The molecule has 0 aromatic heterocycles. The third kappa shape index (κ3) is 3.74. The Labute approximate surface area is 101 Å². The largest absolute Gasteiger partial charge is 0.384 e. The van der Waals surface area contributed by atoms with Crippen LogP contribution in [0.25, 0.3) is 0 Å². The highest BCUT2D eigenvalue weighted by molar-refractivity contribution is 4.90. The Morgan fingerprint density at radius 2 is 1.81 bits per heavy atom. The fourth-order valence-electron chi connectivity index (χ4n) is 2.96. The lowest BCUT2D eigenvalue weighted by atomic mass is 9.75. The summed E-state index contributed by atoms with van der Waals surface area (Å²) in [7, 11) is 1.82. The number of rotatable bonds is 7. The Balaban J connectivity index is 2.45. The molecule has 0 bridgehead atoms. The molecule has 1 aliphatic carbocycles. The van der Waals surface area contributed by atoms with Crippen LogP contribution in [0.3, 0.4) is 0 Å². The van der Waals surface area contributed by atoms with E-state index in [1.54, 1.807) is 0 Å². The molecule has 1 aliphatic rings. The maximum absolute atomic E-state index is 5.34. The van der Waals surface area contributed by atoms with E-state index in [1.807, 2.05) is 7.11 Å². The van der Waals surface area contributed by atoms with Crippen LogP contribution in [-0.4, -0.2) is 26.8 Å². The maximum Gasteiger partial charge on any atom is 0.0493 e. The topological polar surface area (TPSA) is 21.3 Å². The second-order valence-corrected chi connectivity index (χ2v) is 5.95. The van der Waals surface area contributed by atoms with Crippen LogP contribution < -0.4 is 5.32 Å². The van der Waals surface area contributed by atoms with Crippen molar-refractivity contribution in [2.75, 3.05) is 26.8 Å². The van der Waals surface area contributed by atoms with Crippen molar-refractivity contribution in [2.24, 2.45) is 17.3 Å². The molecule has 96 valence electrons. The van der Waals surface area contributed by atoms with Gasteiger partial charge in [-0.3, -0.25) is 0 Å². The Morgan fingerprint density at radius 3 is 2.31 bits per heavy atom. The molecule has 1 N–H and O–H groups in total. The average molecular weight is 227 g/mol. The molecule has 0 radical (unpaired) electrons. The molecule has 0 aliphatic heterocycles. The van der Waals surface area contributed by atoms with Crippen molar-refractivity contribution in [1.82, 2.24) is 5.32 Å². The molecule has 0 spiro atoms. The van der Waals surface area contributed by atoms with Gasteiger partial charge in [0.1, 0.15) is 0 Å². The van der Waals surface area contributed by atoms with E-state index in [1.165, 1.54) is 32.2 Å². The number of hydrogen-bond donors (Lipinski definition) is 1. The highest BCUT2D eigenvalue weighted by Crippen LogP contribution is 2.43. The van der Waals surface area contributed by atoms with E-state index in [2.05, 4.69) is 26.1 Å². The summed E-state index contributed by atoms with van der Waals surface area (Å²) in [6.07, 6.45) is 5.56. The summed E-state index contributed by atoms with van der Waals surface area (Å²) in [5.41, 5.74) is 0.505. The van der Waals surface area contributed by atoms with E-state index in [-0.39, 0.29) is 0 Å². The lowest BCUT2D eigenvalue weighted by molar-refractivity contribution is 0.0719. The summed E-state index contributed by atoms with van der Waals surface area (Å²) in [6, 6.07) is 0. The first-order chi connectivity index (χ1) is 7.60. The van der Waals surface area contributed by atoms with Gasteiger partial charge < -0.3 is 10.1 Å². The molecule has 1 unspecified atom stereocenters. The van der Waals surface area contributed by atoms with Gasteiger partial charge in [0.15, 0.2) is 0 Å². The van der Waals surface area contributed by atoms with Gasteiger partial charge in [-0.2, -0.15) is 0 Å². The van der Waals surface area contributed by atoms with Crippen LogP contribution in [0, 0.1) is 17.3 Å². The summed E-state index contributed by atoms with van der Waals surface area (Å²) in [5, 5.41) is 3.65. The Bertz CT molecular complexity index is 185. The van der Waals surface area contributed by atoms with E-state index in [4.69, 9.17) is 4.74 Å². The molecule has 1 atom stereocenters. The lowest BCUT2D eigenvalue weighted by Gasteiger charge is -2.36. The minimum absolute atomic E-state index is 0.505. The van der Waals surface area contributed by atoms with Gasteiger partial charge >= 0.3 is 0 Å². The van der Waals surface area contributed by atoms with Gasteiger partial charge in [0.05, 0.1) is 0 Å².